The Morgan fingerprint density at radius 1 is 1.14 bits per heavy atom. The average molecular weight is 388 g/mol. The monoisotopic (exact) mass is 387 g/mol. The third kappa shape index (κ3) is 5.33. The van der Waals surface area contributed by atoms with E-state index in [2.05, 4.69) is 30.1 Å². The molecule has 2 aliphatic rings. The molecular weight excluding hydrogens is 354 g/mol. The first kappa shape index (κ1) is 20.4. The molecule has 0 bridgehead atoms. The summed E-state index contributed by atoms with van der Waals surface area (Å²) in [7, 11) is 3.54. The molecule has 8 heteroatoms. The van der Waals surface area contributed by atoms with Gasteiger partial charge in [0.25, 0.3) is 0 Å². The van der Waals surface area contributed by atoms with Crippen LogP contribution in [0, 0.1) is 13.8 Å². The van der Waals surface area contributed by atoms with Gasteiger partial charge in [-0.3, -0.25) is 4.79 Å². The van der Waals surface area contributed by atoms with E-state index in [0.29, 0.717) is 6.04 Å². The van der Waals surface area contributed by atoms with E-state index in [1.165, 1.54) is 25.7 Å². The van der Waals surface area contributed by atoms with Crippen molar-refractivity contribution in [1.29, 1.82) is 0 Å². The predicted molar refractivity (Wildman–Crippen MR) is 112 cm³/mol. The van der Waals surface area contributed by atoms with E-state index >= 15 is 0 Å². The van der Waals surface area contributed by atoms with Gasteiger partial charge in [-0.25, -0.2) is 15.0 Å². The highest BCUT2D eigenvalue weighted by molar-refractivity contribution is 5.85. The zero-order valence-electron chi connectivity index (χ0n) is 17.6. The summed E-state index contributed by atoms with van der Waals surface area (Å²) in [5.41, 5.74) is 1.99. The lowest BCUT2D eigenvalue weighted by molar-refractivity contribution is -0.127. The van der Waals surface area contributed by atoms with Gasteiger partial charge in [0.05, 0.1) is 0 Å². The van der Waals surface area contributed by atoms with Gasteiger partial charge in [0, 0.05) is 57.7 Å². The van der Waals surface area contributed by atoms with E-state index in [4.69, 9.17) is 0 Å². The summed E-state index contributed by atoms with van der Waals surface area (Å²) in [5, 5.41) is 3.61. The largest absolute Gasteiger partial charge is 0.353 e. The summed E-state index contributed by atoms with van der Waals surface area (Å²) in [6.45, 7) is 7.56. The van der Waals surface area contributed by atoms with Crippen molar-refractivity contribution in [2.75, 3.05) is 51.7 Å². The molecule has 2 fully saturated rings. The number of aromatic nitrogens is 2. The highest BCUT2D eigenvalue weighted by Gasteiger charge is 2.24. The zero-order chi connectivity index (χ0) is 20.1. The Morgan fingerprint density at radius 2 is 1.75 bits per heavy atom. The Kier molecular flexibility index (Phi) is 6.70. The number of piperazine rings is 1. The first-order chi connectivity index (χ1) is 13.4. The molecule has 0 unspecified atom stereocenters. The summed E-state index contributed by atoms with van der Waals surface area (Å²) in [6, 6.07) is 2.46. The van der Waals surface area contributed by atoms with Gasteiger partial charge in [-0.15, -0.1) is 0 Å². The van der Waals surface area contributed by atoms with Crippen molar-refractivity contribution in [3.05, 3.63) is 17.5 Å². The number of likely N-dealkylation sites (N-methyl/N-ethyl adjacent to an activating group) is 1. The van der Waals surface area contributed by atoms with Gasteiger partial charge in [0.2, 0.25) is 11.9 Å². The Hall–Kier alpha value is -2.38. The maximum atomic E-state index is 12.0. The molecule has 3 rings (SSSR count). The number of aryl methyl sites for hydroxylation is 2. The number of nitrogens with zero attached hydrogens (tertiary/aromatic N) is 6. The molecule has 1 saturated carbocycles. The molecule has 1 amide bonds. The SMILES string of the molecule is Cc1cc(C)nc(N2CCN(C(=NCC(=O)N(C)C)NC3CCCC3)CC2)n1. The van der Waals surface area contributed by atoms with Gasteiger partial charge in [-0.2, -0.15) is 0 Å². The molecule has 8 nitrogen and oxygen atoms in total. The van der Waals surface area contributed by atoms with Gasteiger partial charge in [-0.1, -0.05) is 12.8 Å². The number of rotatable bonds is 4. The molecule has 2 heterocycles. The van der Waals surface area contributed by atoms with E-state index in [0.717, 1.165) is 49.5 Å². The summed E-state index contributed by atoms with van der Waals surface area (Å²) >= 11 is 0. The average Bonchev–Trinajstić information content (AvgIpc) is 3.17. The molecule has 0 aromatic carbocycles. The zero-order valence-corrected chi connectivity index (χ0v) is 17.6. The molecule has 1 aromatic rings. The number of nitrogens with one attached hydrogen (secondary N) is 1. The normalized spacial score (nSPS) is 18.5. The number of anilines is 1. The molecule has 1 aliphatic heterocycles. The third-order valence-corrected chi connectivity index (χ3v) is 5.38. The third-order valence-electron chi connectivity index (χ3n) is 5.38. The summed E-state index contributed by atoms with van der Waals surface area (Å²) in [4.78, 5) is 31.9. The molecule has 0 atom stereocenters. The van der Waals surface area contributed by atoms with Crippen LogP contribution < -0.4 is 10.2 Å². The Morgan fingerprint density at radius 3 is 2.32 bits per heavy atom. The van der Waals surface area contributed by atoms with Crippen LogP contribution in [0.3, 0.4) is 0 Å². The fourth-order valence-electron chi connectivity index (χ4n) is 3.74. The molecule has 0 spiro atoms. The van der Waals surface area contributed by atoms with E-state index in [1.54, 1.807) is 19.0 Å². The maximum Gasteiger partial charge on any atom is 0.243 e. The van der Waals surface area contributed by atoms with Crippen molar-refractivity contribution < 1.29 is 4.79 Å². The number of hydrogen-bond acceptors (Lipinski definition) is 5. The first-order valence-corrected chi connectivity index (χ1v) is 10.3. The molecule has 1 aromatic heterocycles. The second kappa shape index (κ2) is 9.21. The summed E-state index contributed by atoms with van der Waals surface area (Å²) < 4.78 is 0. The van der Waals surface area contributed by atoms with Crippen LogP contribution in [0.25, 0.3) is 0 Å². The minimum atomic E-state index is 0.0213. The lowest BCUT2D eigenvalue weighted by Crippen LogP contribution is -2.54. The first-order valence-electron chi connectivity index (χ1n) is 10.3. The summed E-state index contributed by atoms with van der Waals surface area (Å²) in [5.74, 6) is 1.69. The van der Waals surface area contributed by atoms with E-state index in [9.17, 15) is 4.79 Å². The topological polar surface area (TPSA) is 77.0 Å². The van der Waals surface area contributed by atoms with Crippen molar-refractivity contribution in [3.8, 4) is 0 Å². The van der Waals surface area contributed by atoms with Crippen LogP contribution in [0.1, 0.15) is 37.1 Å². The molecule has 1 N–H and O–H groups in total. The molecule has 1 aliphatic carbocycles. The van der Waals surface area contributed by atoms with Crippen molar-refractivity contribution in [2.45, 2.75) is 45.6 Å². The fraction of sp³-hybridized carbons (Fsp3) is 0.700. The van der Waals surface area contributed by atoms with Crippen molar-refractivity contribution >= 4 is 17.8 Å². The number of carbonyl (C=O) groups excluding carboxylic acids is 1. The van der Waals surface area contributed by atoms with E-state index in [-0.39, 0.29) is 12.5 Å². The van der Waals surface area contributed by atoms with Gasteiger partial charge >= 0.3 is 0 Å². The van der Waals surface area contributed by atoms with Gasteiger partial charge in [-0.05, 0) is 32.8 Å². The van der Waals surface area contributed by atoms with E-state index < -0.39 is 0 Å². The van der Waals surface area contributed by atoms with Crippen LogP contribution in [0.15, 0.2) is 11.1 Å². The van der Waals surface area contributed by atoms with Gasteiger partial charge in [0.1, 0.15) is 6.54 Å². The highest BCUT2D eigenvalue weighted by atomic mass is 16.2. The number of carbonyl (C=O) groups is 1. The van der Waals surface area contributed by atoms with Crippen LogP contribution in [0.2, 0.25) is 0 Å². The number of aliphatic imine (C=N–C) groups is 1. The molecule has 1 saturated heterocycles. The van der Waals surface area contributed by atoms with Crippen molar-refractivity contribution in [2.24, 2.45) is 4.99 Å². The summed E-state index contributed by atoms with van der Waals surface area (Å²) in [6.07, 6.45) is 4.88. The standard InChI is InChI=1S/C20H33N7O/c1-15-13-16(2)23-20(22-15)27-11-9-26(10-12-27)19(21-14-18(28)25(3)4)24-17-7-5-6-8-17/h13,17H,5-12,14H2,1-4H3,(H,21,24). The quantitative estimate of drug-likeness (QED) is 0.618. The van der Waals surface area contributed by atoms with Crippen molar-refractivity contribution in [3.63, 3.8) is 0 Å². The predicted octanol–water partition coefficient (Wildman–Crippen LogP) is 1.19. The fourth-order valence-corrected chi connectivity index (χ4v) is 3.74. The molecular formula is C20H33N7O. The lowest BCUT2D eigenvalue weighted by atomic mass is 10.2. The molecule has 154 valence electrons. The van der Waals surface area contributed by atoms with Gasteiger partial charge < -0.3 is 20.0 Å². The number of hydrogen-bond donors (Lipinski definition) is 1. The van der Waals surface area contributed by atoms with Crippen LogP contribution >= 0.6 is 0 Å². The van der Waals surface area contributed by atoms with Crippen LogP contribution in [0.5, 0.6) is 0 Å². The van der Waals surface area contributed by atoms with Gasteiger partial charge in [0.15, 0.2) is 5.96 Å². The minimum Gasteiger partial charge on any atom is -0.353 e. The second-order valence-electron chi connectivity index (χ2n) is 7.98. The highest BCUT2D eigenvalue weighted by Crippen LogP contribution is 2.18. The molecule has 28 heavy (non-hydrogen) atoms. The smallest absolute Gasteiger partial charge is 0.243 e. The molecule has 0 radical (unpaired) electrons. The second-order valence-corrected chi connectivity index (χ2v) is 7.98. The number of guanidine groups is 1. The minimum absolute atomic E-state index is 0.0213. The lowest BCUT2D eigenvalue weighted by Gasteiger charge is -2.37. The number of amides is 1. The van der Waals surface area contributed by atoms with Crippen LogP contribution in [-0.4, -0.2) is 84.5 Å². The van der Waals surface area contributed by atoms with Crippen LogP contribution in [0.4, 0.5) is 5.95 Å². The van der Waals surface area contributed by atoms with Crippen LogP contribution in [-0.2, 0) is 4.79 Å². The Bertz CT molecular complexity index is 684. The van der Waals surface area contributed by atoms with Crippen molar-refractivity contribution in [1.82, 2.24) is 25.1 Å². The maximum absolute atomic E-state index is 12.0. The van der Waals surface area contributed by atoms with E-state index in [1.807, 2.05) is 19.9 Å². The Balaban J connectivity index is 1.65. The Labute approximate surface area is 168 Å².